The van der Waals surface area contributed by atoms with Gasteiger partial charge in [-0.25, -0.2) is 4.79 Å². The van der Waals surface area contributed by atoms with Gasteiger partial charge in [0.25, 0.3) is 0 Å². The van der Waals surface area contributed by atoms with Gasteiger partial charge in [0, 0.05) is 12.6 Å². The van der Waals surface area contributed by atoms with Gasteiger partial charge in [0.1, 0.15) is 0 Å². The van der Waals surface area contributed by atoms with E-state index in [9.17, 15) is 4.79 Å². The summed E-state index contributed by atoms with van der Waals surface area (Å²) in [5.41, 5.74) is 0. The number of carboxylic acid groups (broad SMARTS) is 1. The minimum Gasteiger partial charge on any atom is -0.479 e. The van der Waals surface area contributed by atoms with Crippen molar-refractivity contribution >= 4 is 5.97 Å². The van der Waals surface area contributed by atoms with Crippen LogP contribution in [-0.4, -0.2) is 35.9 Å². The Morgan fingerprint density at radius 1 is 1.50 bits per heavy atom. The molecule has 3 atom stereocenters. The van der Waals surface area contributed by atoms with Crippen molar-refractivity contribution in [2.45, 2.75) is 64.2 Å². The largest absolute Gasteiger partial charge is 0.479 e. The van der Waals surface area contributed by atoms with Crippen LogP contribution in [0.3, 0.4) is 0 Å². The van der Waals surface area contributed by atoms with Crippen LogP contribution in [0.25, 0.3) is 0 Å². The van der Waals surface area contributed by atoms with Gasteiger partial charge >= 0.3 is 5.97 Å². The smallest absolute Gasteiger partial charge is 0.332 e. The summed E-state index contributed by atoms with van der Waals surface area (Å²) in [6.45, 7) is 5.13. The topological polar surface area (TPSA) is 58.6 Å². The lowest BCUT2D eigenvalue weighted by Gasteiger charge is -2.19. The fraction of sp³-hybridized carbons (Fsp3) is 0.917. The molecule has 0 aromatic heterocycles. The average Bonchev–Trinajstić information content (AvgIpc) is 2.73. The number of aliphatic carboxylic acids is 1. The average molecular weight is 229 g/mol. The molecule has 1 saturated heterocycles. The van der Waals surface area contributed by atoms with Crippen molar-refractivity contribution in [3.63, 3.8) is 0 Å². The number of ether oxygens (including phenoxy) is 1. The van der Waals surface area contributed by atoms with Crippen molar-refractivity contribution in [1.29, 1.82) is 0 Å². The van der Waals surface area contributed by atoms with Gasteiger partial charge in [0.15, 0.2) is 6.10 Å². The zero-order valence-corrected chi connectivity index (χ0v) is 10.2. The Kier molecular flexibility index (Phi) is 5.77. The van der Waals surface area contributed by atoms with Crippen molar-refractivity contribution in [2.75, 3.05) is 6.54 Å². The Hall–Kier alpha value is -0.610. The van der Waals surface area contributed by atoms with Crippen LogP contribution in [0, 0.1) is 0 Å². The molecule has 0 saturated carbocycles. The molecule has 0 aromatic rings. The fourth-order valence-electron chi connectivity index (χ4n) is 2.13. The molecule has 1 fully saturated rings. The van der Waals surface area contributed by atoms with Crippen LogP contribution >= 0.6 is 0 Å². The van der Waals surface area contributed by atoms with Crippen molar-refractivity contribution in [3.05, 3.63) is 0 Å². The molecular weight excluding hydrogens is 206 g/mol. The summed E-state index contributed by atoms with van der Waals surface area (Å²) in [6, 6.07) is 0.539. The number of rotatable bonds is 7. The van der Waals surface area contributed by atoms with Crippen molar-refractivity contribution < 1.29 is 14.6 Å². The molecule has 1 heterocycles. The van der Waals surface area contributed by atoms with Gasteiger partial charge in [-0.05, 0) is 25.7 Å². The van der Waals surface area contributed by atoms with Gasteiger partial charge in [0.05, 0.1) is 6.10 Å². The quantitative estimate of drug-likeness (QED) is 0.698. The molecule has 2 N–H and O–H groups in total. The van der Waals surface area contributed by atoms with Crippen LogP contribution < -0.4 is 5.32 Å². The molecule has 1 rings (SSSR count). The molecule has 3 unspecified atom stereocenters. The van der Waals surface area contributed by atoms with Gasteiger partial charge in [-0.1, -0.05) is 20.3 Å². The van der Waals surface area contributed by atoms with Crippen LogP contribution in [0.15, 0.2) is 0 Å². The Balaban J connectivity index is 2.21. The highest BCUT2D eigenvalue weighted by molar-refractivity contribution is 5.72. The second-order valence-corrected chi connectivity index (χ2v) is 4.46. The third-order valence-electron chi connectivity index (χ3n) is 3.15. The van der Waals surface area contributed by atoms with Gasteiger partial charge in [-0.3, -0.25) is 0 Å². The molecule has 0 spiro atoms. The molecule has 0 amide bonds. The summed E-state index contributed by atoms with van der Waals surface area (Å²) in [4.78, 5) is 10.7. The van der Waals surface area contributed by atoms with Crippen molar-refractivity contribution in [2.24, 2.45) is 0 Å². The number of hydrogen-bond donors (Lipinski definition) is 2. The maximum Gasteiger partial charge on any atom is 0.332 e. The van der Waals surface area contributed by atoms with E-state index in [0.29, 0.717) is 12.5 Å². The van der Waals surface area contributed by atoms with E-state index in [1.54, 1.807) is 0 Å². The van der Waals surface area contributed by atoms with Gasteiger partial charge in [-0.15, -0.1) is 0 Å². The highest BCUT2D eigenvalue weighted by Crippen LogP contribution is 2.19. The monoisotopic (exact) mass is 229 g/mol. The molecule has 1 aliphatic heterocycles. The standard InChI is InChI=1S/C12H23NO3/c1-3-5-9(4-2)13-8-10-6-7-11(16-10)12(14)15/h9-11,13H,3-8H2,1-2H3,(H,14,15). The SMILES string of the molecule is CCCC(CC)NCC1CCC(C(=O)O)O1. The lowest BCUT2D eigenvalue weighted by Crippen LogP contribution is -2.35. The molecular formula is C12H23NO3. The Morgan fingerprint density at radius 3 is 2.75 bits per heavy atom. The first-order chi connectivity index (χ1) is 7.67. The fourth-order valence-corrected chi connectivity index (χ4v) is 2.13. The van der Waals surface area contributed by atoms with E-state index in [4.69, 9.17) is 9.84 Å². The molecule has 1 aliphatic rings. The maximum absolute atomic E-state index is 10.7. The minimum atomic E-state index is -0.830. The van der Waals surface area contributed by atoms with Gasteiger partial charge in [0.2, 0.25) is 0 Å². The highest BCUT2D eigenvalue weighted by atomic mass is 16.5. The molecule has 0 bridgehead atoms. The van der Waals surface area contributed by atoms with Gasteiger partial charge in [-0.2, -0.15) is 0 Å². The number of carbonyl (C=O) groups is 1. The third-order valence-corrected chi connectivity index (χ3v) is 3.15. The summed E-state index contributed by atoms with van der Waals surface area (Å²) < 4.78 is 5.43. The molecule has 0 aliphatic carbocycles. The third kappa shape index (κ3) is 4.10. The Labute approximate surface area is 97.4 Å². The first-order valence-electron chi connectivity index (χ1n) is 6.29. The van der Waals surface area contributed by atoms with Crippen LogP contribution in [0.5, 0.6) is 0 Å². The lowest BCUT2D eigenvalue weighted by molar-refractivity contribution is -0.149. The molecule has 94 valence electrons. The Bertz CT molecular complexity index is 220. The molecule has 16 heavy (non-hydrogen) atoms. The van der Waals surface area contributed by atoms with Crippen molar-refractivity contribution in [1.82, 2.24) is 5.32 Å². The lowest BCUT2D eigenvalue weighted by atomic mass is 10.1. The van der Waals surface area contributed by atoms with Gasteiger partial charge < -0.3 is 15.2 Å². The summed E-state index contributed by atoms with van der Waals surface area (Å²) >= 11 is 0. The zero-order chi connectivity index (χ0) is 12.0. The van der Waals surface area contributed by atoms with E-state index < -0.39 is 12.1 Å². The van der Waals surface area contributed by atoms with Crippen LogP contribution in [0.1, 0.15) is 46.0 Å². The van der Waals surface area contributed by atoms with Crippen LogP contribution in [0.4, 0.5) is 0 Å². The van der Waals surface area contributed by atoms with E-state index in [1.807, 2.05) is 0 Å². The molecule has 0 radical (unpaired) electrons. The maximum atomic E-state index is 10.7. The predicted molar refractivity (Wildman–Crippen MR) is 62.5 cm³/mol. The number of nitrogens with one attached hydrogen (secondary N) is 1. The first kappa shape index (κ1) is 13.5. The molecule has 0 aromatic carbocycles. The number of carboxylic acids is 1. The van der Waals surface area contributed by atoms with Crippen LogP contribution in [-0.2, 0) is 9.53 Å². The highest BCUT2D eigenvalue weighted by Gasteiger charge is 2.30. The molecule has 4 heteroatoms. The van der Waals surface area contributed by atoms with Crippen molar-refractivity contribution in [3.8, 4) is 0 Å². The summed E-state index contributed by atoms with van der Waals surface area (Å²) in [6.07, 6.45) is 4.45. The summed E-state index contributed by atoms with van der Waals surface area (Å²) in [5, 5.41) is 12.2. The van der Waals surface area contributed by atoms with Crippen LogP contribution in [0.2, 0.25) is 0 Å². The summed E-state index contributed by atoms with van der Waals surface area (Å²) in [5.74, 6) is -0.830. The normalized spacial score (nSPS) is 26.9. The zero-order valence-electron chi connectivity index (χ0n) is 10.2. The summed E-state index contributed by atoms with van der Waals surface area (Å²) in [7, 11) is 0. The van der Waals surface area contributed by atoms with E-state index in [2.05, 4.69) is 19.2 Å². The number of hydrogen-bond acceptors (Lipinski definition) is 3. The van der Waals surface area contributed by atoms with E-state index >= 15 is 0 Å². The second kappa shape index (κ2) is 6.86. The second-order valence-electron chi connectivity index (χ2n) is 4.46. The van der Waals surface area contributed by atoms with E-state index in [0.717, 1.165) is 19.4 Å². The predicted octanol–water partition coefficient (Wildman–Crippen LogP) is 1.79. The van der Waals surface area contributed by atoms with E-state index in [1.165, 1.54) is 12.8 Å². The first-order valence-corrected chi connectivity index (χ1v) is 6.29. The van der Waals surface area contributed by atoms with E-state index in [-0.39, 0.29) is 6.10 Å². The minimum absolute atomic E-state index is 0.0759. The molecule has 4 nitrogen and oxygen atoms in total. The Morgan fingerprint density at radius 2 is 2.25 bits per heavy atom.